The van der Waals surface area contributed by atoms with Crippen molar-refractivity contribution < 1.29 is 4.39 Å². The Morgan fingerprint density at radius 3 is 2.53 bits per heavy atom. The van der Waals surface area contributed by atoms with E-state index in [1.54, 1.807) is 6.08 Å². The van der Waals surface area contributed by atoms with E-state index in [1.165, 1.54) is 12.2 Å². The summed E-state index contributed by atoms with van der Waals surface area (Å²) in [5, 5.41) is 0. The van der Waals surface area contributed by atoms with Gasteiger partial charge >= 0.3 is 0 Å². The third-order valence-electron chi connectivity index (χ3n) is 2.66. The van der Waals surface area contributed by atoms with Gasteiger partial charge in [0.25, 0.3) is 0 Å². The van der Waals surface area contributed by atoms with Gasteiger partial charge in [0.15, 0.2) is 6.17 Å². The van der Waals surface area contributed by atoms with Crippen LogP contribution in [-0.4, -0.2) is 5.71 Å². The first kappa shape index (κ1) is 10.7. The summed E-state index contributed by atoms with van der Waals surface area (Å²) >= 11 is 3.39. The molecule has 1 radical (unpaired) electrons. The predicted molar refractivity (Wildman–Crippen MR) is 71.1 cm³/mol. The second kappa shape index (κ2) is 4.08. The molecule has 1 aromatic carbocycles. The van der Waals surface area contributed by atoms with E-state index in [0.29, 0.717) is 0 Å². The van der Waals surface area contributed by atoms with Gasteiger partial charge in [-0.05, 0) is 36.4 Å². The van der Waals surface area contributed by atoms with Crippen LogP contribution in [0.3, 0.4) is 0 Å². The molecule has 1 aliphatic carbocycles. The molecule has 1 aliphatic heterocycles. The van der Waals surface area contributed by atoms with Crippen molar-refractivity contribution in [1.82, 2.24) is 0 Å². The lowest BCUT2D eigenvalue weighted by Gasteiger charge is -2.03. The number of halogens is 2. The highest BCUT2D eigenvalue weighted by Gasteiger charge is 2.18. The van der Waals surface area contributed by atoms with E-state index >= 15 is 0 Å². The van der Waals surface area contributed by atoms with E-state index in [0.717, 1.165) is 27.0 Å². The Morgan fingerprint density at radius 1 is 1.00 bits per heavy atom. The molecule has 0 saturated carbocycles. The topological polar surface area (TPSA) is 12.4 Å². The lowest BCUT2D eigenvalue weighted by molar-refractivity contribution is 0.587. The molecule has 83 valence electrons. The second-order valence-electron chi connectivity index (χ2n) is 3.85. The predicted octanol–water partition coefficient (Wildman–Crippen LogP) is 4.24. The van der Waals surface area contributed by atoms with E-state index < -0.39 is 0 Å². The zero-order valence-electron chi connectivity index (χ0n) is 8.82. The number of allylic oxidation sites excluding steroid dienone is 5. The van der Waals surface area contributed by atoms with Crippen molar-refractivity contribution in [3.63, 3.8) is 0 Å². The molecule has 0 N–H and O–H groups in total. The maximum atomic E-state index is 13.1. The number of hydrogen-bond acceptors (Lipinski definition) is 1. The highest BCUT2D eigenvalue weighted by atomic mass is 79.9. The summed E-state index contributed by atoms with van der Waals surface area (Å²) in [6, 6.07) is 7.91. The molecule has 1 aromatic rings. The van der Waals surface area contributed by atoms with Gasteiger partial charge < -0.3 is 0 Å². The van der Waals surface area contributed by atoms with Crippen LogP contribution in [0.25, 0.3) is 5.70 Å². The Kier molecular flexibility index (Phi) is 2.56. The van der Waals surface area contributed by atoms with Crippen LogP contribution in [-0.2, 0) is 0 Å². The summed E-state index contributed by atoms with van der Waals surface area (Å²) in [4.78, 5) is 4.47. The Hall–Kier alpha value is -1.48. The lowest BCUT2D eigenvalue weighted by atomic mass is 10.0. The first-order valence-electron chi connectivity index (χ1n) is 5.21. The van der Waals surface area contributed by atoms with Crippen molar-refractivity contribution in [3.05, 3.63) is 70.4 Å². The van der Waals surface area contributed by atoms with Crippen LogP contribution >= 0.6 is 15.9 Å². The molecule has 3 rings (SSSR count). The van der Waals surface area contributed by atoms with E-state index in [9.17, 15) is 4.39 Å². The average Bonchev–Trinajstić information content (AvgIpc) is 2.72. The van der Waals surface area contributed by atoms with Crippen LogP contribution in [0.5, 0.6) is 0 Å². The van der Waals surface area contributed by atoms with E-state index in [1.807, 2.05) is 30.3 Å². The Labute approximate surface area is 107 Å². The molecule has 0 spiro atoms. The minimum absolute atomic E-state index is 0.229. The molecule has 0 fully saturated rings. The van der Waals surface area contributed by atoms with Crippen LogP contribution < -0.4 is 0 Å². The third-order valence-corrected chi connectivity index (χ3v) is 3.19. The highest BCUT2D eigenvalue weighted by Crippen LogP contribution is 2.30. The van der Waals surface area contributed by atoms with E-state index in [-0.39, 0.29) is 6.17 Å². The van der Waals surface area contributed by atoms with E-state index in [4.69, 9.17) is 0 Å². The van der Waals surface area contributed by atoms with Crippen molar-refractivity contribution in [2.75, 3.05) is 0 Å². The lowest BCUT2D eigenvalue weighted by Crippen LogP contribution is -1.99. The minimum atomic E-state index is -0.229. The van der Waals surface area contributed by atoms with Crippen LogP contribution in [0, 0.1) is 6.17 Å². The van der Waals surface area contributed by atoms with Gasteiger partial charge in [0.2, 0.25) is 0 Å². The normalized spacial score (nSPS) is 18.6. The molecule has 0 aromatic heterocycles. The van der Waals surface area contributed by atoms with Gasteiger partial charge in [-0.2, -0.15) is 0 Å². The fourth-order valence-corrected chi connectivity index (χ4v) is 2.09. The largest absolute Gasteiger partial charge is 0.248 e. The monoisotopic (exact) mass is 288 g/mol. The number of hydrogen-bond donors (Lipinski definition) is 0. The molecule has 0 amide bonds. The molecule has 2 aliphatic rings. The molecule has 0 saturated heterocycles. The molecule has 3 heteroatoms. The fraction of sp³-hybridized carbons (Fsp3) is 0. The summed E-state index contributed by atoms with van der Waals surface area (Å²) in [6.45, 7) is 0. The first-order valence-corrected chi connectivity index (χ1v) is 6.00. The molecule has 0 unspecified atom stereocenters. The van der Waals surface area contributed by atoms with Crippen molar-refractivity contribution in [3.8, 4) is 0 Å². The van der Waals surface area contributed by atoms with Crippen molar-refractivity contribution in [1.29, 1.82) is 0 Å². The summed E-state index contributed by atoms with van der Waals surface area (Å²) < 4.78 is 14.1. The van der Waals surface area contributed by atoms with Crippen molar-refractivity contribution in [2.24, 2.45) is 4.99 Å². The Bertz CT molecular complexity index is 579. The van der Waals surface area contributed by atoms with Gasteiger partial charge in [0, 0.05) is 15.6 Å². The summed E-state index contributed by atoms with van der Waals surface area (Å²) in [7, 11) is 0. The fourth-order valence-electron chi connectivity index (χ4n) is 1.82. The average molecular weight is 289 g/mol. The van der Waals surface area contributed by atoms with Gasteiger partial charge in [-0.3, -0.25) is 0 Å². The van der Waals surface area contributed by atoms with Crippen LogP contribution in [0.2, 0.25) is 0 Å². The zero-order chi connectivity index (χ0) is 11.8. The molecular weight excluding hydrogens is 281 g/mol. The minimum Gasteiger partial charge on any atom is -0.248 e. The number of aliphatic imine (C=N–C) groups is 1. The SMILES string of the molecule is F[C]1C=CC2=NC(c3ccc(Br)cc3)=CC2=C1. The standard InChI is InChI=1S/C14H8BrFN/c15-11-3-1-9(2-4-11)14-8-10-7-12(16)5-6-13(10)17-14/h1-8H. The number of fused-ring (bicyclic) bond motifs is 1. The van der Waals surface area contributed by atoms with E-state index in [2.05, 4.69) is 20.9 Å². The van der Waals surface area contributed by atoms with Crippen LogP contribution in [0.4, 0.5) is 4.39 Å². The first-order chi connectivity index (χ1) is 8.22. The van der Waals surface area contributed by atoms with Gasteiger partial charge in [-0.15, -0.1) is 0 Å². The number of nitrogens with zero attached hydrogens (tertiary/aromatic N) is 1. The van der Waals surface area contributed by atoms with Crippen molar-refractivity contribution in [2.45, 2.75) is 0 Å². The third kappa shape index (κ3) is 2.03. The zero-order valence-corrected chi connectivity index (χ0v) is 10.4. The molecule has 1 nitrogen and oxygen atoms in total. The van der Waals surface area contributed by atoms with Crippen LogP contribution in [0.1, 0.15) is 5.56 Å². The summed E-state index contributed by atoms with van der Waals surface area (Å²) in [6.07, 6.45) is 6.31. The van der Waals surface area contributed by atoms with Crippen LogP contribution in [0.15, 0.2) is 63.6 Å². The molecule has 17 heavy (non-hydrogen) atoms. The van der Waals surface area contributed by atoms with Gasteiger partial charge in [-0.25, -0.2) is 9.38 Å². The molecule has 0 atom stereocenters. The van der Waals surface area contributed by atoms with Crippen molar-refractivity contribution >= 4 is 27.3 Å². The molecule has 1 heterocycles. The summed E-state index contributed by atoms with van der Waals surface area (Å²) in [5.41, 5.74) is 3.56. The Morgan fingerprint density at radius 2 is 1.76 bits per heavy atom. The molecule has 0 bridgehead atoms. The van der Waals surface area contributed by atoms with Gasteiger partial charge in [0.1, 0.15) is 0 Å². The summed E-state index contributed by atoms with van der Waals surface area (Å²) in [5.74, 6) is 0. The second-order valence-corrected chi connectivity index (χ2v) is 4.77. The smallest absolute Gasteiger partial charge is 0.189 e. The number of rotatable bonds is 1. The Balaban J connectivity index is 2.00. The maximum absolute atomic E-state index is 13.1. The highest BCUT2D eigenvalue weighted by molar-refractivity contribution is 9.10. The van der Waals surface area contributed by atoms with Gasteiger partial charge in [0.05, 0.1) is 11.4 Å². The number of benzene rings is 1. The quantitative estimate of drug-likeness (QED) is 0.733. The molecular formula is C14H8BrFN. The maximum Gasteiger partial charge on any atom is 0.189 e. The van der Waals surface area contributed by atoms with Gasteiger partial charge in [-0.1, -0.05) is 28.1 Å².